The molecule has 0 radical (unpaired) electrons. The lowest BCUT2D eigenvalue weighted by molar-refractivity contribution is -0.137. The molecule has 0 heterocycles. The number of halogens is 2. The van der Waals surface area contributed by atoms with Gasteiger partial charge in [0.2, 0.25) is 0 Å². The SMILES string of the molecule is CC(CCCC(=O)O)NC(=O)c1ccc(F)cc1Cl. The molecule has 1 rings (SSSR count). The summed E-state index contributed by atoms with van der Waals surface area (Å²) in [5, 5.41) is 11.3. The number of carboxylic acids is 1. The third-order valence-electron chi connectivity index (χ3n) is 2.58. The maximum Gasteiger partial charge on any atom is 0.303 e. The highest BCUT2D eigenvalue weighted by molar-refractivity contribution is 6.33. The van der Waals surface area contributed by atoms with Gasteiger partial charge in [0, 0.05) is 12.5 Å². The molecule has 0 aliphatic carbocycles. The number of carbonyl (C=O) groups is 2. The van der Waals surface area contributed by atoms with Gasteiger partial charge in [0.25, 0.3) is 5.91 Å². The predicted molar refractivity (Wildman–Crippen MR) is 69.8 cm³/mol. The van der Waals surface area contributed by atoms with Gasteiger partial charge in [-0.1, -0.05) is 11.6 Å². The molecule has 6 heteroatoms. The standard InChI is InChI=1S/C13H15ClFNO3/c1-8(3-2-4-12(17)18)16-13(19)10-6-5-9(15)7-11(10)14/h5-8H,2-4H2,1H3,(H,16,19)(H,17,18). The van der Waals surface area contributed by atoms with E-state index in [2.05, 4.69) is 5.32 Å². The molecule has 0 spiro atoms. The lowest BCUT2D eigenvalue weighted by Crippen LogP contribution is -2.32. The van der Waals surface area contributed by atoms with E-state index in [4.69, 9.17) is 16.7 Å². The molecule has 0 aliphatic heterocycles. The van der Waals surface area contributed by atoms with E-state index in [-0.39, 0.29) is 23.0 Å². The Hall–Kier alpha value is -1.62. The Morgan fingerprint density at radius 2 is 2.16 bits per heavy atom. The molecule has 1 amide bonds. The molecule has 0 saturated heterocycles. The van der Waals surface area contributed by atoms with Crippen LogP contribution in [0.4, 0.5) is 4.39 Å². The van der Waals surface area contributed by atoms with Crippen molar-refractivity contribution in [3.8, 4) is 0 Å². The third-order valence-corrected chi connectivity index (χ3v) is 2.89. The zero-order valence-corrected chi connectivity index (χ0v) is 11.2. The summed E-state index contributed by atoms with van der Waals surface area (Å²) in [6, 6.07) is 3.38. The number of benzene rings is 1. The zero-order chi connectivity index (χ0) is 14.4. The smallest absolute Gasteiger partial charge is 0.303 e. The number of rotatable bonds is 6. The average molecular weight is 288 g/mol. The van der Waals surface area contributed by atoms with Gasteiger partial charge >= 0.3 is 5.97 Å². The normalized spacial score (nSPS) is 11.9. The average Bonchev–Trinajstić information content (AvgIpc) is 2.27. The summed E-state index contributed by atoms with van der Waals surface area (Å²) in [5.74, 6) is -1.76. The van der Waals surface area contributed by atoms with Crippen molar-refractivity contribution in [1.29, 1.82) is 0 Å². The minimum Gasteiger partial charge on any atom is -0.481 e. The van der Waals surface area contributed by atoms with Crippen LogP contribution in [0.25, 0.3) is 0 Å². The second-order valence-corrected chi connectivity index (χ2v) is 4.69. The van der Waals surface area contributed by atoms with Gasteiger partial charge in [-0.05, 0) is 38.0 Å². The highest BCUT2D eigenvalue weighted by Gasteiger charge is 2.13. The molecular formula is C13H15ClFNO3. The molecule has 1 aromatic rings. The fraction of sp³-hybridized carbons (Fsp3) is 0.385. The second-order valence-electron chi connectivity index (χ2n) is 4.28. The first-order valence-corrected chi connectivity index (χ1v) is 6.25. The fourth-order valence-electron chi connectivity index (χ4n) is 1.61. The minimum atomic E-state index is -0.861. The van der Waals surface area contributed by atoms with Crippen molar-refractivity contribution in [3.05, 3.63) is 34.6 Å². The molecule has 0 fully saturated rings. The lowest BCUT2D eigenvalue weighted by Gasteiger charge is -2.14. The summed E-state index contributed by atoms with van der Waals surface area (Å²) in [5.41, 5.74) is 0.202. The molecule has 104 valence electrons. The largest absolute Gasteiger partial charge is 0.481 e. The molecule has 1 aromatic carbocycles. The third kappa shape index (κ3) is 5.26. The molecule has 1 atom stereocenters. The quantitative estimate of drug-likeness (QED) is 0.845. The van der Waals surface area contributed by atoms with Crippen LogP contribution >= 0.6 is 11.6 Å². The van der Waals surface area contributed by atoms with Gasteiger partial charge in [-0.3, -0.25) is 9.59 Å². The number of carbonyl (C=O) groups excluding carboxylic acids is 1. The number of carboxylic acid groups (broad SMARTS) is 1. The van der Waals surface area contributed by atoms with E-state index >= 15 is 0 Å². The van der Waals surface area contributed by atoms with E-state index in [1.807, 2.05) is 0 Å². The van der Waals surface area contributed by atoms with Crippen LogP contribution in [-0.4, -0.2) is 23.0 Å². The molecular weight excluding hydrogens is 273 g/mol. The van der Waals surface area contributed by atoms with E-state index in [0.717, 1.165) is 12.1 Å². The molecule has 0 bridgehead atoms. The van der Waals surface area contributed by atoms with Crippen molar-refractivity contribution in [3.63, 3.8) is 0 Å². The maximum absolute atomic E-state index is 12.8. The van der Waals surface area contributed by atoms with E-state index in [9.17, 15) is 14.0 Å². The Morgan fingerprint density at radius 1 is 1.47 bits per heavy atom. The number of nitrogens with one attached hydrogen (secondary N) is 1. The first-order chi connectivity index (χ1) is 8.90. The topological polar surface area (TPSA) is 66.4 Å². The summed E-state index contributed by atoms with van der Waals surface area (Å²) < 4.78 is 12.8. The van der Waals surface area contributed by atoms with Crippen LogP contribution < -0.4 is 5.32 Å². The minimum absolute atomic E-state index is 0.0511. The van der Waals surface area contributed by atoms with Gasteiger partial charge in [0.05, 0.1) is 10.6 Å². The molecule has 2 N–H and O–H groups in total. The Morgan fingerprint density at radius 3 is 2.74 bits per heavy atom. The van der Waals surface area contributed by atoms with Crippen molar-refractivity contribution >= 4 is 23.5 Å². The van der Waals surface area contributed by atoms with Crippen LogP contribution in [0, 0.1) is 5.82 Å². The van der Waals surface area contributed by atoms with Gasteiger partial charge < -0.3 is 10.4 Å². The van der Waals surface area contributed by atoms with E-state index < -0.39 is 17.7 Å². The Balaban J connectivity index is 2.52. The van der Waals surface area contributed by atoms with Crippen LogP contribution in [0.1, 0.15) is 36.5 Å². The molecule has 0 aromatic heterocycles. The second kappa shape index (κ2) is 7.09. The number of aliphatic carboxylic acids is 1. The van der Waals surface area contributed by atoms with Crippen molar-refractivity contribution < 1.29 is 19.1 Å². The van der Waals surface area contributed by atoms with Crippen molar-refractivity contribution in [2.24, 2.45) is 0 Å². The van der Waals surface area contributed by atoms with Crippen LogP contribution in [0.2, 0.25) is 5.02 Å². The summed E-state index contributed by atoms with van der Waals surface area (Å²) in [6.45, 7) is 1.77. The van der Waals surface area contributed by atoms with Crippen LogP contribution in [-0.2, 0) is 4.79 Å². The summed E-state index contributed by atoms with van der Waals surface area (Å²) in [4.78, 5) is 22.2. The Kier molecular flexibility index (Phi) is 5.76. The van der Waals surface area contributed by atoms with Gasteiger partial charge in [0.15, 0.2) is 0 Å². The summed E-state index contributed by atoms with van der Waals surface area (Å²) in [7, 11) is 0. The van der Waals surface area contributed by atoms with E-state index in [0.29, 0.717) is 12.8 Å². The van der Waals surface area contributed by atoms with Crippen molar-refractivity contribution in [1.82, 2.24) is 5.32 Å². The Bertz CT molecular complexity index is 479. The monoisotopic (exact) mass is 287 g/mol. The molecule has 19 heavy (non-hydrogen) atoms. The fourth-order valence-corrected chi connectivity index (χ4v) is 1.86. The number of amides is 1. The van der Waals surface area contributed by atoms with Crippen LogP contribution in [0.3, 0.4) is 0 Å². The van der Waals surface area contributed by atoms with Gasteiger partial charge in [0.1, 0.15) is 5.82 Å². The highest BCUT2D eigenvalue weighted by Crippen LogP contribution is 2.17. The number of hydrogen-bond acceptors (Lipinski definition) is 2. The molecule has 4 nitrogen and oxygen atoms in total. The first kappa shape index (κ1) is 15.4. The summed E-state index contributed by atoms with van der Waals surface area (Å²) >= 11 is 5.78. The van der Waals surface area contributed by atoms with Crippen molar-refractivity contribution in [2.75, 3.05) is 0 Å². The molecule has 1 unspecified atom stereocenters. The van der Waals surface area contributed by atoms with E-state index in [1.165, 1.54) is 6.07 Å². The highest BCUT2D eigenvalue weighted by atomic mass is 35.5. The van der Waals surface area contributed by atoms with E-state index in [1.54, 1.807) is 6.92 Å². The van der Waals surface area contributed by atoms with Gasteiger partial charge in [-0.15, -0.1) is 0 Å². The maximum atomic E-state index is 12.8. The van der Waals surface area contributed by atoms with Gasteiger partial charge in [-0.25, -0.2) is 4.39 Å². The first-order valence-electron chi connectivity index (χ1n) is 5.88. The summed E-state index contributed by atoms with van der Waals surface area (Å²) in [6.07, 6.45) is 1.10. The van der Waals surface area contributed by atoms with Gasteiger partial charge in [-0.2, -0.15) is 0 Å². The van der Waals surface area contributed by atoms with Crippen LogP contribution in [0.15, 0.2) is 18.2 Å². The molecule has 0 saturated carbocycles. The van der Waals surface area contributed by atoms with Crippen molar-refractivity contribution in [2.45, 2.75) is 32.2 Å². The Labute approximate surface area is 115 Å². The van der Waals surface area contributed by atoms with Crippen LogP contribution in [0.5, 0.6) is 0 Å². The lowest BCUT2D eigenvalue weighted by atomic mass is 10.1. The predicted octanol–water partition coefficient (Wildman–Crippen LogP) is 2.85. The molecule has 0 aliphatic rings. The zero-order valence-electron chi connectivity index (χ0n) is 10.5. The number of hydrogen-bond donors (Lipinski definition) is 2.